The molecule has 0 heterocycles. The van der Waals surface area contributed by atoms with Gasteiger partial charge < -0.3 is 33.3 Å². The maximum absolute atomic E-state index is 12.0. The van der Waals surface area contributed by atoms with Crippen LogP contribution in [0.25, 0.3) is 0 Å². The molecule has 2 atom stereocenters. The largest absolute Gasteiger partial charge is 0.543 e. The van der Waals surface area contributed by atoms with Crippen LogP contribution in [-0.2, 0) is 26.2 Å². The first-order valence-electron chi connectivity index (χ1n) is 19.9. The number of benzene rings is 5. The van der Waals surface area contributed by atoms with Crippen molar-refractivity contribution in [3.8, 4) is 28.7 Å². The second kappa shape index (κ2) is 18.4. The molecule has 5 aromatic rings. The SMILES string of the molecule is CC(C)(C)[Si](C)(C)Oc1cc([C@H](O)[C@@H](O)Cc2c(OCc3ccccc3)cc(OCc3ccccc3)cc2O[Si](C)(C)C(C)(C)C)ccc1OCc1ccccc1. The van der Waals surface area contributed by atoms with Gasteiger partial charge in [-0.1, -0.05) is 139 Å². The van der Waals surface area contributed by atoms with E-state index in [4.69, 9.17) is 23.1 Å². The van der Waals surface area contributed by atoms with Crippen LogP contribution in [0.3, 0.4) is 0 Å². The van der Waals surface area contributed by atoms with E-state index in [0.29, 0.717) is 59.7 Å². The zero-order chi connectivity index (χ0) is 41.4. The van der Waals surface area contributed by atoms with E-state index in [1.54, 1.807) is 6.07 Å². The molecular formula is C48H62O7Si2. The lowest BCUT2D eigenvalue weighted by molar-refractivity contribution is 0.0182. The number of hydrogen-bond acceptors (Lipinski definition) is 7. The third-order valence-corrected chi connectivity index (χ3v) is 20.0. The van der Waals surface area contributed by atoms with Crippen LogP contribution in [0.5, 0.6) is 28.7 Å². The van der Waals surface area contributed by atoms with Gasteiger partial charge in [0.25, 0.3) is 8.32 Å². The van der Waals surface area contributed by atoms with Crippen molar-refractivity contribution < 1.29 is 33.3 Å². The minimum atomic E-state index is -2.41. The zero-order valence-electron chi connectivity index (χ0n) is 35.5. The molecule has 0 fully saturated rings. The fourth-order valence-corrected chi connectivity index (χ4v) is 7.67. The molecule has 2 N–H and O–H groups in total. The maximum Gasteiger partial charge on any atom is 0.250 e. The lowest BCUT2D eigenvalue weighted by Crippen LogP contribution is -2.44. The standard InChI is InChI=1S/C48H62O7Si2/c1-47(2,3)56(7,8)54-44-30-39(51-32-35-20-14-11-15-21-35)29-43(53-34-37-24-18-13-19-25-37)40(44)31-41(49)46(50)38-26-27-42(52-33-36-22-16-12-17-23-36)45(28-38)55-57(9,10)48(4,5)6/h11-30,41,46,49-50H,31-34H2,1-10H3/t41-,46-/m0/s1. The summed E-state index contributed by atoms with van der Waals surface area (Å²) >= 11 is 0. The van der Waals surface area contributed by atoms with Gasteiger partial charge in [-0.2, -0.15) is 0 Å². The van der Waals surface area contributed by atoms with Crippen molar-refractivity contribution >= 4 is 16.6 Å². The Labute approximate surface area is 342 Å². The van der Waals surface area contributed by atoms with Crippen molar-refractivity contribution in [2.75, 3.05) is 0 Å². The summed E-state index contributed by atoms with van der Waals surface area (Å²) in [5.74, 6) is 2.83. The molecule has 0 unspecified atom stereocenters. The third kappa shape index (κ3) is 11.8. The summed E-state index contributed by atoms with van der Waals surface area (Å²) in [7, 11) is -4.73. The number of ether oxygens (including phenoxy) is 3. The van der Waals surface area contributed by atoms with E-state index in [1.807, 2.05) is 115 Å². The smallest absolute Gasteiger partial charge is 0.250 e. The molecule has 9 heteroatoms. The molecule has 0 amide bonds. The first kappa shape index (κ1) is 43.6. The van der Waals surface area contributed by atoms with E-state index in [-0.39, 0.29) is 16.5 Å². The highest BCUT2D eigenvalue weighted by molar-refractivity contribution is 6.75. The van der Waals surface area contributed by atoms with Crippen molar-refractivity contribution in [3.05, 3.63) is 149 Å². The van der Waals surface area contributed by atoms with Crippen LogP contribution in [0, 0.1) is 0 Å². The van der Waals surface area contributed by atoms with Gasteiger partial charge in [-0.3, -0.25) is 0 Å². The first-order valence-corrected chi connectivity index (χ1v) is 25.7. The average Bonchev–Trinajstić information content (AvgIpc) is 3.16. The quantitative estimate of drug-likeness (QED) is 0.0905. The molecule has 0 radical (unpaired) electrons. The van der Waals surface area contributed by atoms with E-state index in [2.05, 4.69) is 67.7 Å². The topological polar surface area (TPSA) is 86.6 Å². The first-order chi connectivity index (χ1) is 26.8. The fourth-order valence-electron chi connectivity index (χ4n) is 5.62. The summed E-state index contributed by atoms with van der Waals surface area (Å²) in [6.07, 6.45) is -2.43. The molecular weight excluding hydrogens is 745 g/mol. The number of hydrogen-bond donors (Lipinski definition) is 2. The van der Waals surface area contributed by atoms with Gasteiger partial charge in [0.15, 0.2) is 5.75 Å². The van der Waals surface area contributed by atoms with Gasteiger partial charge in [0.05, 0.1) is 6.10 Å². The Balaban J connectivity index is 1.52. The van der Waals surface area contributed by atoms with Crippen molar-refractivity contribution in [2.24, 2.45) is 0 Å². The highest BCUT2D eigenvalue weighted by Crippen LogP contribution is 2.44. The second-order valence-electron chi connectivity index (χ2n) is 17.9. The second-order valence-corrected chi connectivity index (χ2v) is 27.3. The molecule has 0 aromatic heterocycles. The fraction of sp³-hybridized carbons (Fsp3) is 0.375. The van der Waals surface area contributed by atoms with E-state index >= 15 is 0 Å². The van der Waals surface area contributed by atoms with Crippen LogP contribution in [0.15, 0.2) is 121 Å². The Kier molecular flexibility index (Phi) is 14.0. The average molecular weight is 807 g/mol. The molecule has 0 bridgehead atoms. The summed E-state index contributed by atoms with van der Waals surface area (Å²) in [6.45, 7) is 22.9. The van der Waals surface area contributed by atoms with Gasteiger partial charge in [0.1, 0.15) is 48.9 Å². The number of aliphatic hydroxyl groups is 2. The molecule has 0 aliphatic rings. The summed E-state index contributed by atoms with van der Waals surface area (Å²) < 4.78 is 33.1. The molecule has 0 saturated carbocycles. The van der Waals surface area contributed by atoms with Crippen LogP contribution in [0.4, 0.5) is 0 Å². The van der Waals surface area contributed by atoms with Gasteiger partial charge in [-0.15, -0.1) is 0 Å². The molecule has 5 aromatic carbocycles. The van der Waals surface area contributed by atoms with Gasteiger partial charge in [-0.05, 0) is 70.7 Å². The summed E-state index contributed by atoms with van der Waals surface area (Å²) in [5, 5.41) is 23.7. The van der Waals surface area contributed by atoms with Crippen LogP contribution in [0.2, 0.25) is 36.3 Å². The van der Waals surface area contributed by atoms with E-state index in [9.17, 15) is 10.2 Å². The molecule has 0 aliphatic carbocycles. The van der Waals surface area contributed by atoms with Crippen molar-refractivity contribution in [1.29, 1.82) is 0 Å². The van der Waals surface area contributed by atoms with Crippen LogP contribution >= 0.6 is 0 Å². The van der Waals surface area contributed by atoms with Gasteiger partial charge in [0, 0.05) is 24.1 Å². The van der Waals surface area contributed by atoms with Crippen LogP contribution in [0.1, 0.15) is 75.5 Å². The molecule has 304 valence electrons. The minimum absolute atomic E-state index is 0.0545. The Bertz CT molecular complexity index is 2020. The third-order valence-electron chi connectivity index (χ3n) is 11.3. The normalized spacial score (nSPS) is 13.4. The Morgan fingerprint density at radius 3 is 1.39 bits per heavy atom. The minimum Gasteiger partial charge on any atom is -0.543 e. The van der Waals surface area contributed by atoms with Crippen molar-refractivity contribution in [1.82, 2.24) is 0 Å². The van der Waals surface area contributed by atoms with Gasteiger partial charge in [0.2, 0.25) is 8.32 Å². The monoisotopic (exact) mass is 806 g/mol. The van der Waals surface area contributed by atoms with Crippen molar-refractivity contribution in [3.63, 3.8) is 0 Å². The lowest BCUT2D eigenvalue weighted by Gasteiger charge is -2.37. The molecule has 57 heavy (non-hydrogen) atoms. The highest BCUT2D eigenvalue weighted by Gasteiger charge is 2.41. The molecule has 0 saturated heterocycles. The van der Waals surface area contributed by atoms with Crippen molar-refractivity contribution in [2.45, 2.75) is 116 Å². The Morgan fingerprint density at radius 2 is 0.912 bits per heavy atom. The summed E-state index contributed by atoms with van der Waals surface area (Å²) in [5.41, 5.74) is 4.25. The predicted molar refractivity (Wildman–Crippen MR) is 236 cm³/mol. The van der Waals surface area contributed by atoms with Gasteiger partial charge in [-0.25, -0.2) is 0 Å². The molecule has 7 nitrogen and oxygen atoms in total. The van der Waals surface area contributed by atoms with Crippen LogP contribution < -0.4 is 23.1 Å². The van der Waals surface area contributed by atoms with Crippen LogP contribution in [-0.4, -0.2) is 33.0 Å². The number of aliphatic hydroxyl groups excluding tert-OH is 2. The van der Waals surface area contributed by atoms with E-state index in [0.717, 1.165) is 16.7 Å². The molecule has 0 aliphatic heterocycles. The molecule has 5 rings (SSSR count). The predicted octanol–water partition coefficient (Wildman–Crippen LogP) is 11.8. The number of rotatable bonds is 17. The van der Waals surface area contributed by atoms with E-state index in [1.165, 1.54) is 0 Å². The van der Waals surface area contributed by atoms with E-state index < -0.39 is 28.8 Å². The highest BCUT2D eigenvalue weighted by atomic mass is 28.4. The zero-order valence-corrected chi connectivity index (χ0v) is 37.5. The maximum atomic E-state index is 12.0. The Morgan fingerprint density at radius 1 is 0.491 bits per heavy atom. The summed E-state index contributed by atoms with van der Waals surface area (Å²) in [6, 6.07) is 39.2. The molecule has 0 spiro atoms. The lowest BCUT2D eigenvalue weighted by atomic mass is 9.97. The Hall–Kier alpha value is -4.55. The summed E-state index contributed by atoms with van der Waals surface area (Å²) in [4.78, 5) is 0. The van der Waals surface area contributed by atoms with Gasteiger partial charge >= 0.3 is 0 Å².